The number of Topliss-reactive ketones (excluding diaryl/α,β-unsaturated/α-hetero) is 1. The lowest BCUT2D eigenvalue weighted by molar-refractivity contribution is 0.0822. The maximum absolute atomic E-state index is 12.7. The summed E-state index contributed by atoms with van der Waals surface area (Å²) < 4.78 is 0. The van der Waals surface area contributed by atoms with Crippen LogP contribution in [-0.4, -0.2) is 5.78 Å². The Bertz CT molecular complexity index is 623. The molecule has 0 radical (unpaired) electrons. The van der Waals surface area contributed by atoms with Crippen LogP contribution < -0.4 is 0 Å². The van der Waals surface area contributed by atoms with E-state index in [9.17, 15) is 4.79 Å². The van der Waals surface area contributed by atoms with Crippen LogP contribution in [0.4, 0.5) is 0 Å². The van der Waals surface area contributed by atoms with E-state index in [1.807, 2.05) is 6.07 Å². The van der Waals surface area contributed by atoms with Crippen molar-refractivity contribution in [1.29, 1.82) is 0 Å². The second-order valence-corrected chi connectivity index (χ2v) is 7.34. The second-order valence-electron chi connectivity index (χ2n) is 7.34. The zero-order chi connectivity index (χ0) is 13.9. The van der Waals surface area contributed by atoms with Crippen LogP contribution in [0.5, 0.6) is 0 Å². The Hall–Kier alpha value is -1.37. The Morgan fingerprint density at radius 2 is 2.05 bits per heavy atom. The Balaban J connectivity index is 1.82. The van der Waals surface area contributed by atoms with Crippen LogP contribution in [0.1, 0.15) is 66.9 Å². The molecule has 104 valence electrons. The van der Waals surface area contributed by atoms with Crippen LogP contribution in [0.2, 0.25) is 0 Å². The third kappa shape index (κ3) is 1.58. The molecule has 20 heavy (non-hydrogen) atoms. The lowest BCUT2D eigenvalue weighted by Gasteiger charge is -2.40. The molecule has 4 rings (SSSR count). The van der Waals surface area contributed by atoms with Gasteiger partial charge in [0, 0.05) is 12.0 Å². The summed E-state index contributed by atoms with van der Waals surface area (Å²) in [4.78, 5) is 12.7. The first-order chi connectivity index (χ1) is 9.59. The van der Waals surface area contributed by atoms with Gasteiger partial charge < -0.3 is 0 Å². The first-order valence-electron chi connectivity index (χ1n) is 7.92. The molecule has 1 heteroatoms. The molecule has 0 N–H and O–H groups in total. The van der Waals surface area contributed by atoms with E-state index in [0.717, 1.165) is 24.3 Å². The fourth-order valence-electron chi connectivity index (χ4n) is 4.85. The second kappa shape index (κ2) is 4.07. The first kappa shape index (κ1) is 12.4. The molecule has 2 atom stereocenters. The number of fused-ring (bicyclic) bond motifs is 4. The fraction of sp³-hybridized carbons (Fsp3) is 0.526. The van der Waals surface area contributed by atoms with Gasteiger partial charge in [0.15, 0.2) is 5.78 Å². The van der Waals surface area contributed by atoms with E-state index in [2.05, 4.69) is 32.1 Å². The van der Waals surface area contributed by atoms with E-state index in [-0.39, 0.29) is 5.41 Å². The van der Waals surface area contributed by atoms with Crippen LogP contribution in [0.15, 0.2) is 29.8 Å². The van der Waals surface area contributed by atoms with Gasteiger partial charge in [-0.2, -0.15) is 0 Å². The summed E-state index contributed by atoms with van der Waals surface area (Å²) in [6.45, 7) is 4.48. The summed E-state index contributed by atoms with van der Waals surface area (Å²) in [5.74, 6) is 1.63. The van der Waals surface area contributed by atoms with Crippen molar-refractivity contribution in [3.63, 3.8) is 0 Å². The predicted octanol–water partition coefficient (Wildman–Crippen LogP) is 4.67. The molecule has 2 unspecified atom stereocenters. The van der Waals surface area contributed by atoms with Gasteiger partial charge in [0.1, 0.15) is 0 Å². The molecule has 0 amide bonds. The number of rotatable bonds is 1. The average molecular weight is 266 g/mol. The molecule has 0 heterocycles. The average Bonchev–Trinajstić information content (AvgIpc) is 2.98. The van der Waals surface area contributed by atoms with Crippen molar-refractivity contribution in [2.45, 2.75) is 51.9 Å². The molecule has 1 spiro atoms. The number of benzene rings is 1. The Morgan fingerprint density at radius 1 is 1.20 bits per heavy atom. The Kier molecular flexibility index (Phi) is 2.52. The fourth-order valence-corrected chi connectivity index (χ4v) is 4.85. The van der Waals surface area contributed by atoms with E-state index in [0.29, 0.717) is 11.7 Å². The van der Waals surface area contributed by atoms with Crippen molar-refractivity contribution in [3.05, 3.63) is 46.5 Å². The summed E-state index contributed by atoms with van der Waals surface area (Å²) >= 11 is 0. The van der Waals surface area contributed by atoms with E-state index >= 15 is 0 Å². The van der Waals surface area contributed by atoms with Crippen molar-refractivity contribution in [1.82, 2.24) is 0 Å². The van der Waals surface area contributed by atoms with Gasteiger partial charge in [-0.25, -0.2) is 0 Å². The highest BCUT2D eigenvalue weighted by molar-refractivity contribution is 5.99. The topological polar surface area (TPSA) is 17.1 Å². The molecule has 0 saturated heterocycles. The lowest BCUT2D eigenvalue weighted by Crippen LogP contribution is -2.36. The van der Waals surface area contributed by atoms with Crippen molar-refractivity contribution in [2.24, 2.45) is 11.3 Å². The summed E-state index contributed by atoms with van der Waals surface area (Å²) in [6, 6.07) is 6.33. The van der Waals surface area contributed by atoms with Crippen LogP contribution in [-0.2, 0) is 6.42 Å². The van der Waals surface area contributed by atoms with Gasteiger partial charge in [0.05, 0.1) is 0 Å². The quantitative estimate of drug-likeness (QED) is 0.675. The van der Waals surface area contributed by atoms with E-state index in [1.165, 1.54) is 30.4 Å². The Morgan fingerprint density at radius 3 is 2.70 bits per heavy atom. The zero-order valence-corrected chi connectivity index (χ0v) is 12.4. The summed E-state index contributed by atoms with van der Waals surface area (Å²) in [6.07, 6.45) is 7.97. The molecule has 3 aliphatic carbocycles. The first-order valence-corrected chi connectivity index (χ1v) is 7.92. The van der Waals surface area contributed by atoms with Gasteiger partial charge in [-0.3, -0.25) is 4.79 Å². The largest absolute Gasteiger partial charge is 0.294 e. The van der Waals surface area contributed by atoms with Gasteiger partial charge in [-0.15, -0.1) is 0 Å². The van der Waals surface area contributed by atoms with Crippen LogP contribution in [0.3, 0.4) is 0 Å². The number of carbonyl (C=O) groups excluding carboxylic acids is 1. The molecule has 2 bridgehead atoms. The number of ketones is 1. The van der Waals surface area contributed by atoms with Crippen molar-refractivity contribution in [2.75, 3.05) is 0 Å². The Labute approximate surface area is 121 Å². The van der Waals surface area contributed by atoms with E-state index < -0.39 is 0 Å². The molecular weight excluding hydrogens is 244 g/mol. The number of carbonyl (C=O) groups is 1. The third-order valence-corrected chi connectivity index (χ3v) is 5.82. The highest BCUT2D eigenvalue weighted by atomic mass is 16.1. The summed E-state index contributed by atoms with van der Waals surface area (Å²) in [7, 11) is 0. The van der Waals surface area contributed by atoms with Gasteiger partial charge in [-0.05, 0) is 54.1 Å². The van der Waals surface area contributed by atoms with Crippen LogP contribution >= 0.6 is 0 Å². The molecule has 0 aromatic heterocycles. The van der Waals surface area contributed by atoms with Crippen molar-refractivity contribution in [3.8, 4) is 0 Å². The van der Waals surface area contributed by atoms with Gasteiger partial charge in [-0.1, -0.05) is 43.7 Å². The molecule has 1 aromatic carbocycles. The van der Waals surface area contributed by atoms with Crippen molar-refractivity contribution < 1.29 is 4.79 Å². The van der Waals surface area contributed by atoms with Gasteiger partial charge >= 0.3 is 0 Å². The minimum absolute atomic E-state index is 0.263. The molecule has 0 aliphatic heterocycles. The lowest BCUT2D eigenvalue weighted by atomic mass is 9.62. The van der Waals surface area contributed by atoms with E-state index in [4.69, 9.17) is 0 Å². The van der Waals surface area contributed by atoms with Crippen LogP contribution in [0, 0.1) is 11.3 Å². The SMILES string of the molecule is CC(C)c1cccc2c1CC1(CC2=O)CC2=CCC1C2. The standard InChI is InChI=1S/C19H22O/c1-12(2)15-4-3-5-16-17(15)10-19(11-18(16)20)9-13-6-7-14(19)8-13/h3-6,12,14H,7-11H2,1-2H3. The van der Waals surface area contributed by atoms with Crippen molar-refractivity contribution >= 4 is 5.78 Å². The molecule has 1 aromatic rings. The zero-order valence-electron chi connectivity index (χ0n) is 12.4. The normalized spacial score (nSPS) is 31.1. The summed E-state index contributed by atoms with van der Waals surface area (Å²) in [5, 5.41) is 0. The maximum Gasteiger partial charge on any atom is 0.163 e. The molecule has 1 fully saturated rings. The summed E-state index contributed by atoms with van der Waals surface area (Å²) in [5.41, 5.74) is 5.66. The highest BCUT2D eigenvalue weighted by Gasteiger charge is 2.50. The smallest absolute Gasteiger partial charge is 0.163 e. The van der Waals surface area contributed by atoms with Crippen LogP contribution in [0.25, 0.3) is 0 Å². The monoisotopic (exact) mass is 266 g/mol. The maximum atomic E-state index is 12.7. The number of hydrogen-bond acceptors (Lipinski definition) is 1. The van der Waals surface area contributed by atoms with Gasteiger partial charge in [0.2, 0.25) is 0 Å². The number of hydrogen-bond donors (Lipinski definition) is 0. The van der Waals surface area contributed by atoms with Gasteiger partial charge in [0.25, 0.3) is 0 Å². The number of allylic oxidation sites excluding steroid dienone is 2. The molecule has 1 saturated carbocycles. The minimum Gasteiger partial charge on any atom is -0.294 e. The molecule has 1 nitrogen and oxygen atoms in total. The highest BCUT2D eigenvalue weighted by Crippen LogP contribution is 2.58. The minimum atomic E-state index is 0.263. The third-order valence-electron chi connectivity index (χ3n) is 5.82. The molecular formula is C19H22O. The van der Waals surface area contributed by atoms with E-state index in [1.54, 1.807) is 5.57 Å². The predicted molar refractivity (Wildman–Crippen MR) is 81.0 cm³/mol. The molecule has 3 aliphatic rings.